The number of halogens is 1. The highest BCUT2D eigenvalue weighted by Crippen LogP contribution is 2.41. The molecule has 2 aliphatic rings. The summed E-state index contributed by atoms with van der Waals surface area (Å²) in [6, 6.07) is 4.49. The second-order valence-electron chi connectivity index (χ2n) is 8.11. The molecule has 0 saturated carbocycles. The highest BCUT2D eigenvalue weighted by molar-refractivity contribution is 7.99. The lowest BCUT2D eigenvalue weighted by atomic mass is 10.1. The Morgan fingerprint density at radius 2 is 1.97 bits per heavy atom. The molecule has 5 rings (SSSR count). The van der Waals surface area contributed by atoms with Gasteiger partial charge < -0.3 is 14.4 Å². The van der Waals surface area contributed by atoms with Crippen LogP contribution in [0.1, 0.15) is 15.9 Å². The largest absolute Gasteiger partial charge is 0.366 e. The SMILES string of the molecule is CN1CCN(c2c(F)cc3c(=O)c(/C=N/NC(=O)c4ccncc4)cn4c3c2SCC4)CC1. The van der Waals surface area contributed by atoms with E-state index in [2.05, 4.69) is 32.4 Å². The Labute approximate surface area is 194 Å². The molecule has 1 N–H and O–H groups in total. The molecule has 0 spiro atoms. The Morgan fingerprint density at radius 1 is 1.21 bits per heavy atom. The Morgan fingerprint density at radius 3 is 2.73 bits per heavy atom. The number of carbonyl (C=O) groups excluding carboxylic acids is 1. The Bertz CT molecular complexity index is 1300. The van der Waals surface area contributed by atoms with Crippen molar-refractivity contribution >= 4 is 40.5 Å². The first-order chi connectivity index (χ1) is 16.0. The van der Waals surface area contributed by atoms with E-state index in [0.29, 0.717) is 28.7 Å². The van der Waals surface area contributed by atoms with Crippen LogP contribution < -0.4 is 15.8 Å². The average Bonchev–Trinajstić information content (AvgIpc) is 2.83. The molecule has 170 valence electrons. The molecule has 2 aliphatic heterocycles. The number of hydrazone groups is 1. The summed E-state index contributed by atoms with van der Waals surface area (Å²) in [5, 5.41) is 4.28. The monoisotopic (exact) mass is 466 g/mol. The van der Waals surface area contributed by atoms with Gasteiger partial charge in [0.1, 0.15) is 5.82 Å². The number of anilines is 1. The van der Waals surface area contributed by atoms with Crippen LogP contribution in [0.4, 0.5) is 10.1 Å². The number of benzene rings is 1. The van der Waals surface area contributed by atoms with Crippen LogP contribution in [0.3, 0.4) is 0 Å². The van der Waals surface area contributed by atoms with Crippen molar-refractivity contribution in [1.29, 1.82) is 0 Å². The van der Waals surface area contributed by atoms with E-state index in [9.17, 15) is 9.59 Å². The van der Waals surface area contributed by atoms with Gasteiger partial charge in [0.2, 0.25) is 0 Å². The number of nitrogens with zero attached hydrogens (tertiary/aromatic N) is 5. The Kier molecular flexibility index (Phi) is 5.86. The molecule has 33 heavy (non-hydrogen) atoms. The number of nitrogens with one attached hydrogen (secondary N) is 1. The standard InChI is InChI=1S/C23H23FN6O2S/c1-28-6-8-29(9-7-28)20-18(24)12-17-19-22(20)33-11-10-30(19)14-16(21(17)31)13-26-27-23(32)15-2-4-25-5-3-15/h2-5,12-14H,6-11H2,1H3,(H,27,32)/b26-13+. The summed E-state index contributed by atoms with van der Waals surface area (Å²) in [6.45, 7) is 3.94. The summed E-state index contributed by atoms with van der Waals surface area (Å²) in [7, 11) is 2.06. The average molecular weight is 467 g/mol. The summed E-state index contributed by atoms with van der Waals surface area (Å²) < 4.78 is 17.3. The predicted octanol–water partition coefficient (Wildman–Crippen LogP) is 2.16. The van der Waals surface area contributed by atoms with Gasteiger partial charge in [0.15, 0.2) is 5.43 Å². The maximum Gasteiger partial charge on any atom is 0.271 e. The number of aryl methyl sites for hydroxylation is 1. The van der Waals surface area contributed by atoms with Crippen molar-refractivity contribution in [2.24, 2.45) is 5.10 Å². The molecule has 10 heteroatoms. The quantitative estimate of drug-likeness (QED) is 0.469. The minimum Gasteiger partial charge on any atom is -0.366 e. The summed E-state index contributed by atoms with van der Waals surface area (Å²) >= 11 is 1.60. The number of pyridine rings is 2. The second kappa shape index (κ2) is 8.95. The van der Waals surface area contributed by atoms with Crippen LogP contribution in [0.2, 0.25) is 0 Å². The number of hydrogen-bond donors (Lipinski definition) is 1. The number of aromatic nitrogens is 2. The van der Waals surface area contributed by atoms with Gasteiger partial charge >= 0.3 is 0 Å². The van der Waals surface area contributed by atoms with Crippen LogP contribution in [-0.4, -0.2) is 65.6 Å². The summed E-state index contributed by atoms with van der Waals surface area (Å²) in [5.74, 6) is 0.00228. The molecule has 4 heterocycles. The second-order valence-corrected chi connectivity index (χ2v) is 9.22. The van der Waals surface area contributed by atoms with Crippen molar-refractivity contribution in [3.05, 3.63) is 64.0 Å². The molecule has 2 aromatic heterocycles. The van der Waals surface area contributed by atoms with E-state index in [1.807, 2.05) is 4.57 Å². The molecule has 0 bridgehead atoms. The van der Waals surface area contributed by atoms with Crippen LogP contribution in [0.5, 0.6) is 0 Å². The van der Waals surface area contributed by atoms with E-state index in [0.717, 1.165) is 42.3 Å². The van der Waals surface area contributed by atoms with Crippen molar-refractivity contribution in [2.45, 2.75) is 11.4 Å². The number of thioether (sulfide) groups is 1. The topological polar surface area (TPSA) is 82.8 Å². The highest BCUT2D eigenvalue weighted by atomic mass is 32.2. The summed E-state index contributed by atoms with van der Waals surface area (Å²) in [6.07, 6.45) is 6.08. The maximum absolute atomic E-state index is 15.3. The molecule has 0 atom stereocenters. The smallest absolute Gasteiger partial charge is 0.271 e. The fraction of sp³-hybridized carbons (Fsp3) is 0.304. The van der Waals surface area contributed by atoms with Gasteiger partial charge in [0.05, 0.1) is 33.3 Å². The third-order valence-electron chi connectivity index (χ3n) is 5.98. The van der Waals surface area contributed by atoms with E-state index in [4.69, 9.17) is 0 Å². The molecule has 0 aliphatic carbocycles. The fourth-order valence-electron chi connectivity index (χ4n) is 4.22. The minimum absolute atomic E-state index is 0.294. The molecule has 3 aromatic rings. The normalized spacial score (nSPS) is 16.5. The number of piperazine rings is 1. The predicted molar refractivity (Wildman–Crippen MR) is 128 cm³/mol. The zero-order valence-electron chi connectivity index (χ0n) is 18.1. The number of rotatable bonds is 4. The van der Waals surface area contributed by atoms with E-state index in [-0.39, 0.29) is 11.2 Å². The van der Waals surface area contributed by atoms with Gasteiger partial charge in [-0.15, -0.1) is 11.8 Å². The van der Waals surface area contributed by atoms with E-state index in [1.165, 1.54) is 24.7 Å². The molecule has 0 unspecified atom stereocenters. The van der Waals surface area contributed by atoms with Gasteiger partial charge in [-0.1, -0.05) is 0 Å². The van der Waals surface area contributed by atoms with Crippen LogP contribution in [0.25, 0.3) is 10.9 Å². The van der Waals surface area contributed by atoms with Gasteiger partial charge in [-0.05, 0) is 25.2 Å². The first-order valence-corrected chi connectivity index (χ1v) is 11.7. The van der Waals surface area contributed by atoms with E-state index >= 15 is 4.39 Å². The minimum atomic E-state index is -0.405. The lowest BCUT2D eigenvalue weighted by Gasteiger charge is -2.36. The van der Waals surface area contributed by atoms with Crippen molar-refractivity contribution in [3.8, 4) is 0 Å². The lowest BCUT2D eigenvalue weighted by Crippen LogP contribution is -2.45. The molecule has 1 aromatic carbocycles. The fourth-order valence-corrected chi connectivity index (χ4v) is 5.43. The van der Waals surface area contributed by atoms with Crippen LogP contribution in [0, 0.1) is 5.82 Å². The zero-order valence-corrected chi connectivity index (χ0v) is 18.9. The number of carbonyl (C=O) groups is 1. The molecule has 1 saturated heterocycles. The zero-order chi connectivity index (χ0) is 22.9. The first-order valence-electron chi connectivity index (χ1n) is 10.7. The van der Waals surface area contributed by atoms with E-state index < -0.39 is 5.91 Å². The van der Waals surface area contributed by atoms with Crippen LogP contribution in [-0.2, 0) is 6.54 Å². The van der Waals surface area contributed by atoms with Gasteiger partial charge in [-0.25, -0.2) is 9.82 Å². The van der Waals surface area contributed by atoms with Gasteiger partial charge in [0, 0.05) is 62.6 Å². The molecule has 0 radical (unpaired) electrons. The lowest BCUT2D eigenvalue weighted by molar-refractivity contribution is 0.0955. The summed E-state index contributed by atoms with van der Waals surface area (Å²) in [5.41, 5.74) is 4.18. The maximum atomic E-state index is 15.3. The van der Waals surface area contributed by atoms with Crippen LogP contribution in [0.15, 0.2) is 51.6 Å². The highest BCUT2D eigenvalue weighted by Gasteiger charge is 2.27. The van der Waals surface area contributed by atoms with Crippen LogP contribution >= 0.6 is 11.8 Å². The third-order valence-corrected chi connectivity index (χ3v) is 7.04. The van der Waals surface area contributed by atoms with Crippen molar-refractivity contribution < 1.29 is 9.18 Å². The van der Waals surface area contributed by atoms with Gasteiger partial charge in [-0.3, -0.25) is 14.6 Å². The molecular weight excluding hydrogens is 443 g/mol. The number of amides is 1. The molecule has 8 nitrogen and oxygen atoms in total. The van der Waals surface area contributed by atoms with Gasteiger partial charge in [-0.2, -0.15) is 5.10 Å². The van der Waals surface area contributed by atoms with Crippen molar-refractivity contribution in [1.82, 2.24) is 19.9 Å². The van der Waals surface area contributed by atoms with Gasteiger partial charge in [0.25, 0.3) is 5.91 Å². The first kappa shape index (κ1) is 21.6. The third kappa shape index (κ3) is 4.11. The summed E-state index contributed by atoms with van der Waals surface area (Å²) in [4.78, 5) is 34.4. The number of hydrogen-bond acceptors (Lipinski definition) is 7. The molecule has 1 fully saturated rings. The molecule has 1 amide bonds. The number of likely N-dealkylation sites (N-methyl/N-ethyl adjacent to an activating group) is 1. The Balaban J connectivity index is 1.51. The van der Waals surface area contributed by atoms with E-state index in [1.54, 1.807) is 30.1 Å². The van der Waals surface area contributed by atoms with Crippen molar-refractivity contribution in [2.75, 3.05) is 43.9 Å². The molecular formula is C23H23FN6O2S. The Hall–Kier alpha value is -3.24. The van der Waals surface area contributed by atoms with Crippen molar-refractivity contribution in [3.63, 3.8) is 0 Å².